The van der Waals surface area contributed by atoms with Gasteiger partial charge in [0, 0.05) is 54.1 Å². The zero-order valence-electron chi connectivity index (χ0n) is 17.1. The van der Waals surface area contributed by atoms with E-state index < -0.39 is 0 Å². The molecule has 0 atom stereocenters. The summed E-state index contributed by atoms with van der Waals surface area (Å²) in [5.74, 6) is 0.168. The van der Waals surface area contributed by atoms with Gasteiger partial charge in [-0.25, -0.2) is 0 Å². The van der Waals surface area contributed by atoms with Crippen LogP contribution in [0.1, 0.15) is 38.8 Å². The van der Waals surface area contributed by atoms with Gasteiger partial charge in [0.05, 0.1) is 6.42 Å². The van der Waals surface area contributed by atoms with Crippen molar-refractivity contribution in [2.45, 2.75) is 39.7 Å². The summed E-state index contributed by atoms with van der Waals surface area (Å²) in [5, 5.41) is 0. The summed E-state index contributed by atoms with van der Waals surface area (Å²) >= 11 is 0. The maximum atomic E-state index is 12.3. The number of fused-ring (bicyclic) bond motifs is 1. The van der Waals surface area contributed by atoms with Crippen LogP contribution in [0.2, 0.25) is 0 Å². The first-order valence-corrected chi connectivity index (χ1v) is 10.1. The molecular formula is C24H25N3O2. The molecule has 5 heteroatoms. The summed E-state index contributed by atoms with van der Waals surface area (Å²) in [5.41, 5.74) is 6.04. The molecule has 3 aromatic rings. The Hall–Kier alpha value is -3.21. The molecule has 0 saturated heterocycles. The summed E-state index contributed by atoms with van der Waals surface area (Å²) in [6.45, 7) is 6.83. The van der Waals surface area contributed by atoms with Crippen molar-refractivity contribution in [3.63, 3.8) is 0 Å². The topological polar surface area (TPSA) is 55.2 Å². The zero-order valence-corrected chi connectivity index (χ0v) is 17.1. The van der Waals surface area contributed by atoms with Crippen LogP contribution in [-0.2, 0) is 11.2 Å². The van der Waals surface area contributed by atoms with Gasteiger partial charge in [0.1, 0.15) is 0 Å². The number of carbonyl (C=O) groups is 1. The van der Waals surface area contributed by atoms with Crippen molar-refractivity contribution in [2.24, 2.45) is 0 Å². The highest BCUT2D eigenvalue weighted by Gasteiger charge is 2.26. The van der Waals surface area contributed by atoms with E-state index in [-0.39, 0.29) is 17.5 Å². The van der Waals surface area contributed by atoms with Crippen LogP contribution in [0.4, 0.5) is 5.69 Å². The highest BCUT2D eigenvalue weighted by atomic mass is 16.2. The third-order valence-corrected chi connectivity index (χ3v) is 5.36. The number of amides is 1. The number of nitrogens with zero attached hydrogens (tertiary/aromatic N) is 3. The van der Waals surface area contributed by atoms with Gasteiger partial charge in [-0.05, 0) is 61.2 Å². The Morgan fingerprint density at radius 2 is 1.69 bits per heavy atom. The molecule has 0 aliphatic carbocycles. The first kappa shape index (κ1) is 19.1. The van der Waals surface area contributed by atoms with E-state index in [0.717, 1.165) is 46.5 Å². The number of rotatable bonds is 5. The fourth-order valence-electron chi connectivity index (χ4n) is 3.87. The van der Waals surface area contributed by atoms with Crippen molar-refractivity contribution < 1.29 is 4.79 Å². The lowest BCUT2D eigenvalue weighted by Gasteiger charge is -2.16. The van der Waals surface area contributed by atoms with Crippen LogP contribution >= 0.6 is 0 Å². The van der Waals surface area contributed by atoms with E-state index in [1.165, 1.54) is 0 Å². The Kier molecular flexibility index (Phi) is 5.05. The van der Waals surface area contributed by atoms with Crippen molar-refractivity contribution in [1.29, 1.82) is 0 Å². The van der Waals surface area contributed by atoms with E-state index in [4.69, 9.17) is 0 Å². The van der Waals surface area contributed by atoms with Crippen molar-refractivity contribution in [3.05, 3.63) is 70.9 Å². The van der Waals surface area contributed by atoms with Crippen LogP contribution in [0.3, 0.4) is 0 Å². The number of carbonyl (C=O) groups excluding carboxylic acids is 1. The summed E-state index contributed by atoms with van der Waals surface area (Å²) in [6, 6.07) is 11.8. The highest BCUT2D eigenvalue weighted by molar-refractivity contribution is 6.02. The predicted molar refractivity (Wildman–Crippen MR) is 116 cm³/mol. The SMILES string of the molecule is CCCN1C(=O)Cc2cc(-c3cncc(-c4ccc(=O)n(C(C)C)c4)c3)ccc21. The van der Waals surface area contributed by atoms with Crippen LogP contribution in [0.25, 0.3) is 22.3 Å². The molecule has 1 aliphatic rings. The van der Waals surface area contributed by atoms with Gasteiger partial charge < -0.3 is 9.47 Å². The lowest BCUT2D eigenvalue weighted by molar-refractivity contribution is -0.117. The molecule has 148 valence electrons. The van der Waals surface area contributed by atoms with Gasteiger partial charge in [0.25, 0.3) is 5.56 Å². The molecule has 0 fully saturated rings. The summed E-state index contributed by atoms with van der Waals surface area (Å²) in [4.78, 5) is 30.7. The normalized spacial score (nSPS) is 13.2. The molecule has 1 aliphatic heterocycles. The summed E-state index contributed by atoms with van der Waals surface area (Å²) < 4.78 is 1.73. The molecule has 29 heavy (non-hydrogen) atoms. The highest BCUT2D eigenvalue weighted by Crippen LogP contribution is 2.34. The second-order valence-electron chi connectivity index (χ2n) is 7.78. The smallest absolute Gasteiger partial charge is 0.250 e. The summed E-state index contributed by atoms with van der Waals surface area (Å²) in [6.07, 6.45) is 6.93. The minimum Gasteiger partial charge on any atom is -0.312 e. The lowest BCUT2D eigenvalue weighted by atomic mass is 10.00. The van der Waals surface area contributed by atoms with Gasteiger partial charge in [-0.2, -0.15) is 0 Å². The van der Waals surface area contributed by atoms with Crippen molar-refractivity contribution in [3.8, 4) is 22.3 Å². The van der Waals surface area contributed by atoms with E-state index >= 15 is 0 Å². The van der Waals surface area contributed by atoms with E-state index in [1.807, 2.05) is 49.5 Å². The third-order valence-electron chi connectivity index (χ3n) is 5.36. The molecule has 5 nitrogen and oxygen atoms in total. The second-order valence-corrected chi connectivity index (χ2v) is 7.78. The van der Waals surface area contributed by atoms with Crippen LogP contribution in [0.15, 0.2) is 59.8 Å². The first-order chi connectivity index (χ1) is 14.0. The number of pyridine rings is 2. The summed E-state index contributed by atoms with van der Waals surface area (Å²) in [7, 11) is 0. The fraction of sp³-hybridized carbons (Fsp3) is 0.292. The third kappa shape index (κ3) is 3.60. The minimum atomic E-state index is -0.00668. The monoisotopic (exact) mass is 387 g/mol. The van der Waals surface area contributed by atoms with Gasteiger partial charge in [0.2, 0.25) is 5.91 Å². The van der Waals surface area contributed by atoms with Gasteiger partial charge in [-0.1, -0.05) is 13.0 Å². The maximum absolute atomic E-state index is 12.3. The quantitative estimate of drug-likeness (QED) is 0.650. The van der Waals surface area contributed by atoms with Gasteiger partial charge in [-0.15, -0.1) is 0 Å². The Balaban J connectivity index is 1.71. The van der Waals surface area contributed by atoms with E-state index in [2.05, 4.69) is 30.1 Å². The largest absolute Gasteiger partial charge is 0.312 e. The molecule has 0 N–H and O–H groups in total. The molecule has 0 saturated carbocycles. The van der Waals surface area contributed by atoms with Gasteiger partial charge in [-0.3, -0.25) is 14.6 Å². The van der Waals surface area contributed by atoms with Crippen LogP contribution in [0.5, 0.6) is 0 Å². The molecule has 0 unspecified atom stereocenters. The standard InChI is InChI=1S/C24H25N3O2/c1-4-9-26-22-7-5-17(10-19(22)12-24(26)29)20-11-21(14-25-13-20)18-6-8-23(28)27(15-18)16(2)3/h5-8,10-11,13-16H,4,9,12H2,1-3H3. The molecule has 0 bridgehead atoms. The zero-order chi connectivity index (χ0) is 20.5. The minimum absolute atomic E-state index is 0.00668. The van der Waals surface area contributed by atoms with Crippen molar-refractivity contribution >= 4 is 11.6 Å². The van der Waals surface area contributed by atoms with Crippen molar-refractivity contribution in [2.75, 3.05) is 11.4 Å². The Morgan fingerprint density at radius 3 is 2.41 bits per heavy atom. The van der Waals surface area contributed by atoms with E-state index in [1.54, 1.807) is 10.6 Å². The molecule has 0 spiro atoms. The second kappa shape index (κ2) is 7.66. The number of hydrogen-bond acceptors (Lipinski definition) is 3. The van der Waals surface area contributed by atoms with Gasteiger partial charge >= 0.3 is 0 Å². The van der Waals surface area contributed by atoms with Crippen LogP contribution < -0.4 is 10.5 Å². The Labute approximate surface area is 170 Å². The molecule has 0 radical (unpaired) electrons. The van der Waals surface area contributed by atoms with Crippen LogP contribution in [0, 0.1) is 0 Å². The van der Waals surface area contributed by atoms with Gasteiger partial charge in [0.15, 0.2) is 0 Å². The molecule has 1 aromatic carbocycles. The number of anilines is 1. The van der Waals surface area contributed by atoms with E-state index in [0.29, 0.717) is 6.42 Å². The molecule has 3 heterocycles. The van der Waals surface area contributed by atoms with E-state index in [9.17, 15) is 9.59 Å². The fourth-order valence-corrected chi connectivity index (χ4v) is 3.87. The molecule has 2 aromatic heterocycles. The molecule has 4 rings (SSSR count). The maximum Gasteiger partial charge on any atom is 0.250 e. The number of aromatic nitrogens is 2. The molecular weight excluding hydrogens is 362 g/mol. The number of benzene rings is 1. The number of hydrogen-bond donors (Lipinski definition) is 0. The first-order valence-electron chi connectivity index (χ1n) is 10.1. The van der Waals surface area contributed by atoms with Crippen molar-refractivity contribution in [1.82, 2.24) is 9.55 Å². The molecule has 1 amide bonds. The predicted octanol–water partition coefficient (Wildman–Crippen LogP) is 4.46. The van der Waals surface area contributed by atoms with Crippen LogP contribution in [-0.4, -0.2) is 22.0 Å². The lowest BCUT2D eigenvalue weighted by Crippen LogP contribution is -2.27. The Bertz CT molecular complexity index is 1130. The average Bonchev–Trinajstić information content (AvgIpc) is 3.03. The average molecular weight is 387 g/mol. The Morgan fingerprint density at radius 1 is 0.966 bits per heavy atom.